The number of furan rings is 1. The topological polar surface area (TPSA) is 115 Å². The Morgan fingerprint density at radius 3 is 2.64 bits per heavy atom. The Balaban J connectivity index is 1.38. The molecular formula is C20H23N5O3. The molecule has 1 aromatic carbocycles. The fraction of sp³-hybridized carbons (Fsp3) is 0.250. The van der Waals surface area contributed by atoms with Gasteiger partial charge >= 0.3 is 0 Å². The summed E-state index contributed by atoms with van der Waals surface area (Å²) in [6.07, 6.45) is 5.39. The van der Waals surface area contributed by atoms with E-state index in [9.17, 15) is 9.59 Å². The normalized spacial score (nSPS) is 11.8. The molecule has 0 aliphatic heterocycles. The lowest BCUT2D eigenvalue weighted by atomic mass is 10.1. The molecule has 0 fully saturated rings. The van der Waals surface area contributed by atoms with Crippen LogP contribution in [0.15, 0.2) is 65.7 Å². The van der Waals surface area contributed by atoms with Gasteiger partial charge in [0.05, 0.1) is 24.3 Å². The van der Waals surface area contributed by atoms with E-state index in [1.807, 2.05) is 41.1 Å². The molecule has 0 spiro atoms. The summed E-state index contributed by atoms with van der Waals surface area (Å²) < 4.78 is 6.95. The van der Waals surface area contributed by atoms with Crippen LogP contribution in [0.4, 0.5) is 0 Å². The number of carbonyl (C=O) groups is 2. The van der Waals surface area contributed by atoms with Crippen molar-refractivity contribution in [1.82, 2.24) is 20.2 Å². The molecule has 4 N–H and O–H groups in total. The van der Waals surface area contributed by atoms with Crippen molar-refractivity contribution in [3.8, 4) is 0 Å². The second kappa shape index (κ2) is 9.52. The maximum atomic E-state index is 12.1. The molecule has 0 aliphatic carbocycles. The molecule has 146 valence electrons. The predicted octanol–water partition coefficient (Wildman–Crippen LogP) is 0.940. The van der Waals surface area contributed by atoms with E-state index >= 15 is 0 Å². The molecule has 0 aliphatic rings. The quantitative estimate of drug-likeness (QED) is 0.477. The number of amides is 2. The number of nitrogens with zero attached hydrogens (tertiary/aromatic N) is 2. The number of benzene rings is 1. The Morgan fingerprint density at radius 2 is 1.89 bits per heavy atom. The summed E-state index contributed by atoms with van der Waals surface area (Å²) in [4.78, 5) is 28.1. The van der Waals surface area contributed by atoms with Gasteiger partial charge in [-0.2, -0.15) is 0 Å². The van der Waals surface area contributed by atoms with Gasteiger partial charge in [-0.3, -0.25) is 9.59 Å². The van der Waals surface area contributed by atoms with Crippen LogP contribution in [0.2, 0.25) is 0 Å². The van der Waals surface area contributed by atoms with Crippen molar-refractivity contribution < 1.29 is 14.0 Å². The summed E-state index contributed by atoms with van der Waals surface area (Å²) in [7, 11) is 0. The van der Waals surface area contributed by atoms with E-state index in [0.29, 0.717) is 13.0 Å². The Hall–Kier alpha value is -3.39. The molecule has 3 rings (SSSR count). The van der Waals surface area contributed by atoms with Gasteiger partial charge in [-0.1, -0.05) is 30.3 Å². The van der Waals surface area contributed by atoms with Gasteiger partial charge in [0.2, 0.25) is 5.91 Å². The predicted molar refractivity (Wildman–Crippen MR) is 104 cm³/mol. The summed E-state index contributed by atoms with van der Waals surface area (Å²) in [6.45, 7) is 1.27. The Labute approximate surface area is 162 Å². The smallest absolute Gasteiger partial charge is 0.287 e. The first-order valence-electron chi connectivity index (χ1n) is 9.01. The van der Waals surface area contributed by atoms with E-state index in [1.165, 1.54) is 11.8 Å². The molecule has 1 atom stereocenters. The van der Waals surface area contributed by atoms with E-state index in [1.54, 1.807) is 18.5 Å². The van der Waals surface area contributed by atoms with Gasteiger partial charge in [0, 0.05) is 32.3 Å². The van der Waals surface area contributed by atoms with Crippen molar-refractivity contribution in [3.05, 3.63) is 78.3 Å². The number of hydrogen-bond donors (Lipinski definition) is 3. The van der Waals surface area contributed by atoms with Crippen LogP contribution in [-0.2, 0) is 17.8 Å². The molecular weight excluding hydrogens is 358 g/mol. The molecule has 2 amide bonds. The van der Waals surface area contributed by atoms with Crippen LogP contribution in [0.1, 0.15) is 21.8 Å². The third kappa shape index (κ3) is 5.55. The number of imidazole rings is 1. The molecule has 3 aromatic rings. The highest BCUT2D eigenvalue weighted by molar-refractivity contribution is 5.91. The van der Waals surface area contributed by atoms with Gasteiger partial charge in [-0.15, -0.1) is 0 Å². The SMILES string of the molecule is N[C@@H](Cc1cn(Cc2ccccc2)cn1)C(=O)NCCNC(=O)c1ccco1. The van der Waals surface area contributed by atoms with Gasteiger partial charge in [0.15, 0.2) is 5.76 Å². The van der Waals surface area contributed by atoms with Gasteiger partial charge in [-0.05, 0) is 17.7 Å². The van der Waals surface area contributed by atoms with Crippen LogP contribution in [0.5, 0.6) is 0 Å². The lowest BCUT2D eigenvalue weighted by molar-refractivity contribution is -0.122. The van der Waals surface area contributed by atoms with E-state index in [4.69, 9.17) is 10.2 Å². The maximum Gasteiger partial charge on any atom is 0.287 e. The molecule has 0 saturated carbocycles. The summed E-state index contributed by atoms with van der Waals surface area (Å²) in [6, 6.07) is 12.5. The van der Waals surface area contributed by atoms with Gasteiger partial charge < -0.3 is 25.4 Å². The van der Waals surface area contributed by atoms with Crippen molar-refractivity contribution >= 4 is 11.8 Å². The Morgan fingerprint density at radius 1 is 1.11 bits per heavy atom. The first kappa shape index (κ1) is 19.4. The van der Waals surface area contributed by atoms with Crippen LogP contribution in [0.25, 0.3) is 0 Å². The van der Waals surface area contributed by atoms with Crippen molar-refractivity contribution in [2.75, 3.05) is 13.1 Å². The minimum Gasteiger partial charge on any atom is -0.459 e. The second-order valence-corrected chi connectivity index (χ2v) is 6.36. The van der Waals surface area contributed by atoms with Crippen molar-refractivity contribution in [1.29, 1.82) is 0 Å². The van der Waals surface area contributed by atoms with E-state index in [2.05, 4.69) is 15.6 Å². The molecule has 0 bridgehead atoms. The highest BCUT2D eigenvalue weighted by atomic mass is 16.3. The lowest BCUT2D eigenvalue weighted by Crippen LogP contribution is -2.44. The van der Waals surface area contributed by atoms with Crippen LogP contribution in [0.3, 0.4) is 0 Å². The largest absolute Gasteiger partial charge is 0.459 e. The van der Waals surface area contributed by atoms with Crippen molar-refractivity contribution in [2.45, 2.75) is 19.0 Å². The number of rotatable bonds is 9. The second-order valence-electron chi connectivity index (χ2n) is 6.36. The van der Waals surface area contributed by atoms with E-state index in [0.717, 1.165) is 5.69 Å². The minimum absolute atomic E-state index is 0.231. The summed E-state index contributed by atoms with van der Waals surface area (Å²) in [5.41, 5.74) is 7.89. The fourth-order valence-corrected chi connectivity index (χ4v) is 2.70. The molecule has 2 aromatic heterocycles. The zero-order chi connectivity index (χ0) is 19.8. The summed E-state index contributed by atoms with van der Waals surface area (Å²) in [5, 5.41) is 5.36. The number of nitrogens with two attached hydrogens (primary N) is 1. The fourth-order valence-electron chi connectivity index (χ4n) is 2.70. The molecule has 8 nitrogen and oxygen atoms in total. The lowest BCUT2D eigenvalue weighted by Gasteiger charge is -2.11. The number of carbonyl (C=O) groups excluding carboxylic acids is 2. The third-order valence-electron chi connectivity index (χ3n) is 4.12. The van der Waals surface area contributed by atoms with Gasteiger partial charge in [-0.25, -0.2) is 4.98 Å². The third-order valence-corrected chi connectivity index (χ3v) is 4.12. The van der Waals surface area contributed by atoms with E-state index in [-0.39, 0.29) is 30.7 Å². The first-order valence-corrected chi connectivity index (χ1v) is 9.01. The number of hydrogen-bond acceptors (Lipinski definition) is 5. The molecule has 2 heterocycles. The molecule has 0 unspecified atom stereocenters. The average molecular weight is 381 g/mol. The molecule has 0 radical (unpaired) electrons. The van der Waals surface area contributed by atoms with Crippen LogP contribution >= 0.6 is 0 Å². The number of aromatic nitrogens is 2. The van der Waals surface area contributed by atoms with Crippen molar-refractivity contribution in [2.24, 2.45) is 5.73 Å². The Bertz CT molecular complexity index is 890. The monoisotopic (exact) mass is 381 g/mol. The molecule has 28 heavy (non-hydrogen) atoms. The first-order chi connectivity index (χ1) is 13.6. The maximum absolute atomic E-state index is 12.1. The summed E-state index contributed by atoms with van der Waals surface area (Å²) in [5.74, 6) is -0.383. The van der Waals surface area contributed by atoms with Gasteiger partial charge in [0.25, 0.3) is 5.91 Å². The zero-order valence-corrected chi connectivity index (χ0v) is 15.4. The minimum atomic E-state index is -0.708. The molecule has 8 heteroatoms. The highest BCUT2D eigenvalue weighted by Crippen LogP contribution is 2.05. The van der Waals surface area contributed by atoms with E-state index < -0.39 is 6.04 Å². The number of nitrogens with one attached hydrogen (secondary N) is 2. The van der Waals surface area contributed by atoms with Crippen LogP contribution in [0, 0.1) is 0 Å². The molecule has 0 saturated heterocycles. The van der Waals surface area contributed by atoms with Gasteiger partial charge in [0.1, 0.15) is 0 Å². The van der Waals surface area contributed by atoms with Crippen LogP contribution in [-0.4, -0.2) is 40.5 Å². The van der Waals surface area contributed by atoms with Crippen LogP contribution < -0.4 is 16.4 Å². The highest BCUT2D eigenvalue weighted by Gasteiger charge is 2.15. The Kier molecular flexibility index (Phi) is 6.59. The standard InChI is InChI=1S/C20H23N5O3/c21-17(19(26)22-8-9-23-20(27)18-7-4-10-28-18)11-16-13-25(14-24-16)12-15-5-2-1-3-6-15/h1-7,10,13-14,17H,8-9,11-12,21H2,(H,22,26)(H,23,27)/t17-/m0/s1. The van der Waals surface area contributed by atoms with Crippen molar-refractivity contribution in [3.63, 3.8) is 0 Å². The average Bonchev–Trinajstić information content (AvgIpc) is 3.38. The zero-order valence-electron chi connectivity index (χ0n) is 15.4. The summed E-state index contributed by atoms with van der Waals surface area (Å²) >= 11 is 0.